The highest BCUT2D eigenvalue weighted by Crippen LogP contribution is 2.36. The molecule has 8 heteroatoms. The van der Waals surface area contributed by atoms with E-state index < -0.39 is 6.09 Å². The molecule has 3 aromatic carbocycles. The number of amides is 2. The predicted molar refractivity (Wildman–Crippen MR) is 175 cm³/mol. The molecule has 0 atom stereocenters. The van der Waals surface area contributed by atoms with Crippen LogP contribution < -0.4 is 16.0 Å². The SMILES string of the molecule is CN1CCN(c2ccc(-c3cccc(CN(C(=O)C4CC4)C4CCC(N)CC4)c3)cc2NC(=O)OCc2ccccc2)CC1. The number of ether oxygens (including phenoxy) is 1. The summed E-state index contributed by atoms with van der Waals surface area (Å²) >= 11 is 0. The van der Waals surface area contributed by atoms with Crippen molar-refractivity contribution in [3.05, 3.63) is 83.9 Å². The van der Waals surface area contributed by atoms with Gasteiger partial charge in [0.25, 0.3) is 0 Å². The highest BCUT2D eigenvalue weighted by atomic mass is 16.5. The molecule has 232 valence electrons. The van der Waals surface area contributed by atoms with E-state index >= 15 is 0 Å². The topological polar surface area (TPSA) is 91.1 Å². The van der Waals surface area contributed by atoms with Crippen molar-refractivity contribution in [1.29, 1.82) is 0 Å². The van der Waals surface area contributed by atoms with Crippen molar-refractivity contribution in [3.8, 4) is 11.1 Å². The quantitative estimate of drug-likeness (QED) is 0.322. The van der Waals surface area contributed by atoms with Crippen molar-refractivity contribution in [2.45, 2.75) is 63.8 Å². The molecular formula is C36H45N5O3. The minimum absolute atomic E-state index is 0.186. The Kier molecular flexibility index (Phi) is 9.48. The molecule has 0 aromatic heterocycles. The Morgan fingerprint density at radius 3 is 2.27 bits per heavy atom. The number of carbonyl (C=O) groups excluding carboxylic acids is 2. The third kappa shape index (κ3) is 7.60. The third-order valence-electron chi connectivity index (χ3n) is 9.30. The molecule has 8 nitrogen and oxygen atoms in total. The van der Waals surface area contributed by atoms with Gasteiger partial charge in [-0.3, -0.25) is 10.1 Å². The zero-order chi connectivity index (χ0) is 30.5. The molecule has 3 aromatic rings. The third-order valence-corrected chi connectivity index (χ3v) is 9.30. The van der Waals surface area contributed by atoms with E-state index in [1.54, 1.807) is 0 Å². The smallest absolute Gasteiger partial charge is 0.412 e. The standard InChI is InChI=1S/C36H45N5O3/c1-39-18-20-40(21-19-39)34-17-12-30(23-33(34)38-36(43)44-25-26-6-3-2-4-7-26)29-9-5-8-27(22-29)24-41(35(42)28-10-11-28)32-15-13-31(37)14-16-32/h2-9,12,17,22-23,28,31-32H,10-11,13-16,18-21,24-25,37H2,1H3,(H,38,43). The van der Waals surface area contributed by atoms with Crippen LogP contribution in [0.5, 0.6) is 0 Å². The number of piperazine rings is 1. The van der Waals surface area contributed by atoms with Gasteiger partial charge in [-0.15, -0.1) is 0 Å². The van der Waals surface area contributed by atoms with Crippen LogP contribution in [0, 0.1) is 5.92 Å². The molecule has 3 N–H and O–H groups in total. The molecular weight excluding hydrogens is 550 g/mol. The first-order chi connectivity index (χ1) is 21.4. The zero-order valence-electron chi connectivity index (χ0n) is 25.8. The number of benzene rings is 3. The van der Waals surface area contributed by atoms with Crippen LogP contribution in [0.4, 0.5) is 16.2 Å². The number of hydrogen-bond donors (Lipinski definition) is 2. The van der Waals surface area contributed by atoms with E-state index in [2.05, 4.69) is 63.5 Å². The Balaban J connectivity index is 1.22. The van der Waals surface area contributed by atoms with Gasteiger partial charge >= 0.3 is 6.09 Å². The van der Waals surface area contributed by atoms with E-state index in [0.717, 1.165) is 98.3 Å². The number of rotatable bonds is 9. The highest BCUT2D eigenvalue weighted by Gasteiger charge is 2.37. The molecule has 0 unspecified atom stereocenters. The van der Waals surface area contributed by atoms with Gasteiger partial charge in [0.2, 0.25) is 5.91 Å². The molecule has 2 aliphatic carbocycles. The van der Waals surface area contributed by atoms with Gasteiger partial charge in [-0.2, -0.15) is 0 Å². The predicted octanol–water partition coefficient (Wildman–Crippen LogP) is 5.86. The minimum Gasteiger partial charge on any atom is -0.444 e. The molecule has 44 heavy (non-hydrogen) atoms. The molecule has 3 fully saturated rings. The maximum Gasteiger partial charge on any atom is 0.412 e. The lowest BCUT2D eigenvalue weighted by Gasteiger charge is -2.36. The van der Waals surface area contributed by atoms with Gasteiger partial charge in [-0.1, -0.05) is 54.6 Å². The van der Waals surface area contributed by atoms with Gasteiger partial charge < -0.3 is 25.2 Å². The maximum atomic E-state index is 13.4. The van der Waals surface area contributed by atoms with Crippen LogP contribution in [0.1, 0.15) is 49.7 Å². The van der Waals surface area contributed by atoms with Crippen molar-refractivity contribution < 1.29 is 14.3 Å². The largest absolute Gasteiger partial charge is 0.444 e. The first-order valence-electron chi connectivity index (χ1n) is 16.1. The first kappa shape index (κ1) is 30.2. The van der Waals surface area contributed by atoms with E-state index in [1.165, 1.54) is 0 Å². The zero-order valence-corrected chi connectivity index (χ0v) is 25.8. The summed E-state index contributed by atoms with van der Waals surface area (Å²) in [5.74, 6) is 0.485. The van der Waals surface area contributed by atoms with E-state index in [0.29, 0.717) is 12.5 Å². The Hall–Kier alpha value is -3.88. The molecule has 0 radical (unpaired) electrons. The summed E-state index contributed by atoms with van der Waals surface area (Å²) in [6.45, 7) is 4.52. The summed E-state index contributed by atoms with van der Waals surface area (Å²) < 4.78 is 5.59. The maximum absolute atomic E-state index is 13.4. The lowest BCUT2D eigenvalue weighted by molar-refractivity contribution is -0.136. The average Bonchev–Trinajstić information content (AvgIpc) is 3.90. The van der Waals surface area contributed by atoms with Crippen molar-refractivity contribution in [1.82, 2.24) is 9.80 Å². The summed E-state index contributed by atoms with van der Waals surface area (Å²) in [6, 6.07) is 25.0. The molecule has 0 bridgehead atoms. The lowest BCUT2D eigenvalue weighted by atomic mass is 9.90. The van der Waals surface area contributed by atoms with Crippen LogP contribution in [0.3, 0.4) is 0 Å². The summed E-state index contributed by atoms with van der Waals surface area (Å²) in [5.41, 5.74) is 12.0. The van der Waals surface area contributed by atoms with E-state index in [4.69, 9.17) is 10.5 Å². The molecule has 1 aliphatic heterocycles. The normalized spacial score (nSPS) is 20.6. The Labute approximate surface area is 261 Å². The van der Waals surface area contributed by atoms with E-state index in [-0.39, 0.29) is 24.6 Å². The summed E-state index contributed by atoms with van der Waals surface area (Å²) in [4.78, 5) is 33.1. The summed E-state index contributed by atoms with van der Waals surface area (Å²) in [5, 5.41) is 3.05. The number of carbonyl (C=O) groups is 2. The first-order valence-corrected chi connectivity index (χ1v) is 16.1. The van der Waals surface area contributed by atoms with Gasteiger partial charge in [0.05, 0.1) is 11.4 Å². The molecule has 1 heterocycles. The van der Waals surface area contributed by atoms with Gasteiger partial charge in [-0.25, -0.2) is 4.79 Å². The molecule has 3 aliphatic rings. The van der Waals surface area contributed by atoms with Crippen LogP contribution in [-0.2, 0) is 22.7 Å². The van der Waals surface area contributed by atoms with Crippen molar-refractivity contribution in [3.63, 3.8) is 0 Å². The van der Waals surface area contributed by atoms with E-state index in [1.807, 2.05) is 36.4 Å². The van der Waals surface area contributed by atoms with Crippen LogP contribution in [0.15, 0.2) is 72.8 Å². The average molecular weight is 596 g/mol. The number of nitrogens with two attached hydrogens (primary N) is 1. The van der Waals surface area contributed by atoms with Crippen molar-refractivity contribution in [2.75, 3.05) is 43.4 Å². The molecule has 6 rings (SSSR count). The second kappa shape index (κ2) is 13.8. The lowest BCUT2D eigenvalue weighted by Crippen LogP contribution is -2.44. The van der Waals surface area contributed by atoms with Gasteiger partial charge in [0.15, 0.2) is 0 Å². The molecule has 0 spiro atoms. The fourth-order valence-corrected chi connectivity index (χ4v) is 6.42. The minimum atomic E-state index is -0.475. The number of nitrogens with zero attached hydrogens (tertiary/aromatic N) is 3. The number of likely N-dealkylation sites (N-methyl/N-ethyl adjacent to an activating group) is 1. The van der Waals surface area contributed by atoms with Crippen LogP contribution in [-0.4, -0.2) is 67.1 Å². The van der Waals surface area contributed by atoms with Crippen LogP contribution >= 0.6 is 0 Å². The number of anilines is 2. The second-order valence-electron chi connectivity index (χ2n) is 12.7. The van der Waals surface area contributed by atoms with Crippen molar-refractivity contribution in [2.24, 2.45) is 11.7 Å². The highest BCUT2D eigenvalue weighted by molar-refractivity contribution is 5.92. The number of nitrogens with one attached hydrogen (secondary N) is 1. The van der Waals surface area contributed by atoms with Gasteiger partial charge in [0, 0.05) is 50.7 Å². The Morgan fingerprint density at radius 1 is 0.841 bits per heavy atom. The number of hydrogen-bond acceptors (Lipinski definition) is 6. The van der Waals surface area contributed by atoms with Gasteiger partial charge in [0.1, 0.15) is 6.61 Å². The summed E-state index contributed by atoms with van der Waals surface area (Å²) in [6.07, 6.45) is 5.43. The summed E-state index contributed by atoms with van der Waals surface area (Å²) in [7, 11) is 2.14. The molecule has 2 saturated carbocycles. The Morgan fingerprint density at radius 2 is 1.55 bits per heavy atom. The second-order valence-corrected chi connectivity index (χ2v) is 12.7. The van der Waals surface area contributed by atoms with E-state index in [9.17, 15) is 9.59 Å². The fraction of sp³-hybridized carbons (Fsp3) is 0.444. The van der Waals surface area contributed by atoms with Crippen LogP contribution in [0.25, 0.3) is 11.1 Å². The van der Waals surface area contributed by atoms with Gasteiger partial charge in [-0.05, 0) is 86.0 Å². The Bertz CT molecular complexity index is 1430. The monoisotopic (exact) mass is 595 g/mol. The molecule has 2 amide bonds. The van der Waals surface area contributed by atoms with Crippen molar-refractivity contribution >= 4 is 23.4 Å². The fourth-order valence-electron chi connectivity index (χ4n) is 6.42. The van der Waals surface area contributed by atoms with Crippen LogP contribution in [0.2, 0.25) is 0 Å². The molecule has 1 saturated heterocycles.